The van der Waals surface area contributed by atoms with Gasteiger partial charge in [0.25, 0.3) is 0 Å². The molecule has 0 bridgehead atoms. The van der Waals surface area contributed by atoms with E-state index >= 15 is 0 Å². The first kappa shape index (κ1) is 21.1. The summed E-state index contributed by atoms with van der Waals surface area (Å²) in [5, 5.41) is 4.44. The average molecular weight is 437 g/mol. The van der Waals surface area contributed by atoms with Crippen molar-refractivity contribution in [2.45, 2.75) is 20.3 Å². The van der Waals surface area contributed by atoms with E-state index in [0.717, 1.165) is 51.0 Å². The van der Waals surface area contributed by atoms with Gasteiger partial charge in [-0.3, -0.25) is 0 Å². The van der Waals surface area contributed by atoms with Gasteiger partial charge in [0.15, 0.2) is 0 Å². The van der Waals surface area contributed by atoms with Crippen LogP contribution in [0.5, 0.6) is 0 Å². The molecule has 4 aromatic rings. The van der Waals surface area contributed by atoms with Crippen molar-refractivity contribution in [2.75, 3.05) is 6.54 Å². The summed E-state index contributed by atoms with van der Waals surface area (Å²) in [7, 11) is 0. The molecule has 2 N–H and O–H groups in total. The van der Waals surface area contributed by atoms with Crippen LogP contribution in [0.25, 0.3) is 27.7 Å². The van der Waals surface area contributed by atoms with E-state index in [1.165, 1.54) is 12.1 Å². The number of H-pyrrole nitrogens is 1. The Morgan fingerprint density at radius 2 is 1.65 bits per heavy atom. The van der Waals surface area contributed by atoms with Gasteiger partial charge in [-0.1, -0.05) is 54.6 Å². The van der Waals surface area contributed by atoms with Gasteiger partial charge in [0.05, 0.1) is 10.5 Å². The highest BCUT2D eigenvalue weighted by Gasteiger charge is 2.14. The van der Waals surface area contributed by atoms with Gasteiger partial charge in [-0.15, -0.1) is 0 Å². The number of aryl methyl sites for hydroxylation is 2. The van der Waals surface area contributed by atoms with E-state index in [-0.39, 0.29) is 10.8 Å². The highest BCUT2D eigenvalue weighted by Crippen LogP contribution is 2.28. The summed E-state index contributed by atoms with van der Waals surface area (Å²) in [5.74, 6) is -0.655. The molecule has 0 saturated carbocycles. The van der Waals surface area contributed by atoms with Crippen molar-refractivity contribution in [1.82, 2.24) is 10.3 Å². The second kappa shape index (κ2) is 8.56. The minimum Gasteiger partial charge on any atom is -0.385 e. The van der Waals surface area contributed by atoms with Crippen molar-refractivity contribution in [3.63, 3.8) is 0 Å². The van der Waals surface area contributed by atoms with E-state index in [4.69, 9.17) is 11.6 Å². The van der Waals surface area contributed by atoms with Crippen molar-refractivity contribution in [3.8, 4) is 11.1 Å². The zero-order chi connectivity index (χ0) is 22.1. The molecule has 0 unspecified atom stereocenters. The van der Waals surface area contributed by atoms with E-state index < -0.39 is 5.82 Å². The summed E-state index contributed by atoms with van der Waals surface area (Å²) in [5.41, 5.74) is 7.32. The Morgan fingerprint density at radius 1 is 0.968 bits per heavy atom. The third-order valence-corrected chi connectivity index (χ3v) is 5.92. The fourth-order valence-electron chi connectivity index (χ4n) is 3.94. The molecule has 0 aliphatic rings. The standard InChI is InChI=1S/C26H23ClF2N2/c1-15-4-10-24(29)26-25(15)21(17(3)31-26)12-13-30-16(2)18-5-7-19(8-6-18)20-9-11-23(28)22(27)14-20/h4-11,14,30-31H,2,12-13H2,1,3H3. The van der Waals surface area contributed by atoms with Crippen LogP contribution in [0.3, 0.4) is 0 Å². The highest BCUT2D eigenvalue weighted by atomic mass is 35.5. The zero-order valence-corrected chi connectivity index (χ0v) is 18.2. The topological polar surface area (TPSA) is 27.8 Å². The number of nitrogens with one attached hydrogen (secondary N) is 2. The number of hydrogen-bond donors (Lipinski definition) is 2. The first-order chi connectivity index (χ1) is 14.8. The fourth-order valence-corrected chi connectivity index (χ4v) is 4.12. The predicted molar refractivity (Wildman–Crippen MR) is 125 cm³/mol. The third kappa shape index (κ3) is 4.21. The van der Waals surface area contributed by atoms with Crippen LogP contribution in [0.1, 0.15) is 22.4 Å². The van der Waals surface area contributed by atoms with E-state index in [0.29, 0.717) is 12.1 Å². The summed E-state index contributed by atoms with van der Waals surface area (Å²) in [6, 6.07) is 15.9. The van der Waals surface area contributed by atoms with Crippen molar-refractivity contribution >= 4 is 28.2 Å². The molecule has 0 aliphatic carbocycles. The van der Waals surface area contributed by atoms with Crippen molar-refractivity contribution in [1.29, 1.82) is 0 Å². The summed E-state index contributed by atoms with van der Waals surface area (Å²) in [4.78, 5) is 3.18. The predicted octanol–water partition coefficient (Wildman–Crippen LogP) is 7.19. The minimum atomic E-state index is -0.428. The van der Waals surface area contributed by atoms with Crippen LogP contribution in [0, 0.1) is 25.5 Å². The van der Waals surface area contributed by atoms with E-state index in [1.807, 2.05) is 44.2 Å². The van der Waals surface area contributed by atoms with Gasteiger partial charge in [0.2, 0.25) is 0 Å². The van der Waals surface area contributed by atoms with E-state index in [9.17, 15) is 8.78 Å². The lowest BCUT2D eigenvalue weighted by Gasteiger charge is -2.11. The maximum Gasteiger partial charge on any atom is 0.147 e. The van der Waals surface area contributed by atoms with Crippen LogP contribution in [0.4, 0.5) is 8.78 Å². The Balaban J connectivity index is 1.44. The summed E-state index contributed by atoms with van der Waals surface area (Å²) in [6.07, 6.45) is 0.751. The number of fused-ring (bicyclic) bond motifs is 1. The van der Waals surface area contributed by atoms with Gasteiger partial charge in [0.1, 0.15) is 11.6 Å². The smallest absolute Gasteiger partial charge is 0.147 e. The van der Waals surface area contributed by atoms with Gasteiger partial charge in [-0.25, -0.2) is 8.78 Å². The molecule has 0 spiro atoms. The lowest BCUT2D eigenvalue weighted by atomic mass is 10.0. The van der Waals surface area contributed by atoms with Gasteiger partial charge in [-0.05, 0) is 66.3 Å². The first-order valence-corrected chi connectivity index (χ1v) is 10.5. The zero-order valence-electron chi connectivity index (χ0n) is 17.5. The summed E-state index contributed by atoms with van der Waals surface area (Å²) < 4.78 is 27.5. The second-order valence-electron chi connectivity index (χ2n) is 7.70. The maximum atomic E-state index is 14.1. The molecular formula is C26H23ClF2N2. The molecule has 4 rings (SSSR count). The fraction of sp³-hybridized carbons (Fsp3) is 0.154. The van der Waals surface area contributed by atoms with Crippen molar-refractivity contribution < 1.29 is 8.78 Å². The molecule has 0 saturated heterocycles. The minimum absolute atomic E-state index is 0.107. The summed E-state index contributed by atoms with van der Waals surface area (Å²) in [6.45, 7) is 8.79. The first-order valence-electron chi connectivity index (χ1n) is 10.1. The van der Waals surface area contributed by atoms with Crippen molar-refractivity contribution in [2.24, 2.45) is 0 Å². The third-order valence-electron chi connectivity index (χ3n) is 5.63. The van der Waals surface area contributed by atoms with Crippen LogP contribution in [-0.4, -0.2) is 11.5 Å². The van der Waals surface area contributed by atoms with E-state index in [1.54, 1.807) is 12.1 Å². The molecule has 1 heterocycles. The van der Waals surface area contributed by atoms with Gasteiger partial charge >= 0.3 is 0 Å². The molecule has 5 heteroatoms. The van der Waals surface area contributed by atoms with Gasteiger partial charge < -0.3 is 10.3 Å². The normalized spacial score (nSPS) is 11.1. The molecule has 0 radical (unpaired) electrons. The quantitative estimate of drug-likeness (QED) is 0.329. The molecule has 0 amide bonds. The van der Waals surface area contributed by atoms with Crippen LogP contribution in [0.2, 0.25) is 5.02 Å². The molecular weight excluding hydrogens is 414 g/mol. The number of benzene rings is 3. The highest BCUT2D eigenvalue weighted by molar-refractivity contribution is 6.31. The Morgan fingerprint density at radius 3 is 2.35 bits per heavy atom. The number of aromatic amines is 1. The molecule has 0 atom stereocenters. The van der Waals surface area contributed by atoms with E-state index in [2.05, 4.69) is 16.9 Å². The second-order valence-corrected chi connectivity index (χ2v) is 8.11. The summed E-state index contributed by atoms with van der Waals surface area (Å²) >= 11 is 5.89. The molecule has 0 fully saturated rings. The largest absolute Gasteiger partial charge is 0.385 e. The van der Waals surface area contributed by atoms with Crippen LogP contribution in [-0.2, 0) is 6.42 Å². The Labute approximate surface area is 185 Å². The monoisotopic (exact) mass is 436 g/mol. The Kier molecular flexibility index (Phi) is 5.84. The van der Waals surface area contributed by atoms with Crippen molar-refractivity contribution in [3.05, 3.63) is 100 Å². The van der Waals surface area contributed by atoms with Crippen LogP contribution < -0.4 is 5.32 Å². The number of hydrogen-bond acceptors (Lipinski definition) is 1. The lowest BCUT2D eigenvalue weighted by molar-refractivity contribution is 0.628. The Hall–Kier alpha value is -3.11. The molecule has 3 aromatic carbocycles. The Bertz CT molecular complexity index is 1270. The SMILES string of the molecule is C=C(NCCc1c(C)[nH]c2c(F)ccc(C)c12)c1ccc(-c2ccc(F)c(Cl)c2)cc1. The number of aromatic nitrogens is 1. The molecule has 158 valence electrons. The maximum absolute atomic E-state index is 14.1. The van der Waals surface area contributed by atoms with Gasteiger partial charge in [-0.2, -0.15) is 0 Å². The van der Waals surface area contributed by atoms with Crippen LogP contribution >= 0.6 is 11.6 Å². The lowest BCUT2D eigenvalue weighted by Crippen LogP contribution is -2.15. The average Bonchev–Trinajstić information content (AvgIpc) is 3.10. The number of halogens is 3. The molecule has 1 aromatic heterocycles. The number of rotatable bonds is 6. The van der Waals surface area contributed by atoms with Crippen LogP contribution in [0.15, 0.2) is 61.2 Å². The molecule has 0 aliphatic heterocycles. The molecule has 2 nitrogen and oxygen atoms in total. The molecule has 31 heavy (non-hydrogen) atoms. The van der Waals surface area contributed by atoms with Gasteiger partial charge in [0, 0.05) is 23.3 Å².